The fourth-order valence-electron chi connectivity index (χ4n) is 3.50. The lowest BCUT2D eigenvalue weighted by atomic mass is 10.0. The average molecular weight is 402 g/mol. The molecule has 4 rings (SSSR count). The van der Waals surface area contributed by atoms with Gasteiger partial charge in [0.1, 0.15) is 6.04 Å². The van der Waals surface area contributed by atoms with Crippen LogP contribution >= 0.6 is 0 Å². The Balaban J connectivity index is 1.71. The molecule has 1 aliphatic rings. The minimum absolute atomic E-state index is 0.0773. The first-order valence-electron chi connectivity index (χ1n) is 10.3. The molecule has 2 N–H and O–H groups in total. The van der Waals surface area contributed by atoms with Gasteiger partial charge in [0.25, 0.3) is 5.95 Å². The fraction of sp³-hybridized carbons (Fsp3) is 0.292. The predicted octanol–water partition coefficient (Wildman–Crippen LogP) is 4.94. The third-order valence-corrected chi connectivity index (χ3v) is 5.09. The number of nitrogens with one attached hydrogen (secondary N) is 2. The smallest absolute Gasteiger partial charge is 0.250 e. The molecule has 1 amide bonds. The summed E-state index contributed by atoms with van der Waals surface area (Å²) in [5, 5.41) is 10.8. The summed E-state index contributed by atoms with van der Waals surface area (Å²) in [4.78, 5) is 16.8. The molecule has 0 saturated carbocycles. The largest absolute Gasteiger partial charge is 0.324 e. The van der Waals surface area contributed by atoms with Crippen molar-refractivity contribution in [3.63, 3.8) is 0 Å². The van der Waals surface area contributed by atoms with Crippen LogP contribution in [0, 0.1) is 19.8 Å². The highest BCUT2D eigenvalue weighted by molar-refractivity contribution is 5.89. The van der Waals surface area contributed by atoms with E-state index < -0.39 is 0 Å². The van der Waals surface area contributed by atoms with Crippen LogP contribution in [0.2, 0.25) is 0 Å². The molecule has 0 saturated heterocycles. The molecule has 2 aromatic carbocycles. The summed E-state index contributed by atoms with van der Waals surface area (Å²) >= 11 is 0. The summed E-state index contributed by atoms with van der Waals surface area (Å²) in [6.45, 7) is 8.17. The van der Waals surface area contributed by atoms with Crippen molar-refractivity contribution in [2.45, 2.75) is 40.2 Å². The van der Waals surface area contributed by atoms with E-state index in [4.69, 9.17) is 0 Å². The molecular weight excluding hydrogens is 374 g/mol. The van der Waals surface area contributed by atoms with Crippen molar-refractivity contribution >= 4 is 23.5 Å². The number of hydrogen-bond donors (Lipinski definition) is 2. The number of amides is 1. The quantitative estimate of drug-likeness (QED) is 0.635. The van der Waals surface area contributed by atoms with Gasteiger partial charge in [-0.25, -0.2) is 4.68 Å². The van der Waals surface area contributed by atoms with Gasteiger partial charge in [0, 0.05) is 12.1 Å². The third kappa shape index (κ3) is 4.27. The number of nitrogens with zero attached hydrogens (tertiary/aromatic N) is 3. The normalized spacial score (nSPS) is 15.4. The van der Waals surface area contributed by atoms with Gasteiger partial charge < -0.3 is 5.32 Å². The van der Waals surface area contributed by atoms with E-state index in [0.29, 0.717) is 18.3 Å². The Kier molecular flexibility index (Phi) is 5.40. The van der Waals surface area contributed by atoms with Gasteiger partial charge in [-0.05, 0) is 37.0 Å². The fourth-order valence-corrected chi connectivity index (χ4v) is 3.50. The molecule has 0 bridgehead atoms. The van der Waals surface area contributed by atoms with Gasteiger partial charge in [-0.1, -0.05) is 73.5 Å². The third-order valence-electron chi connectivity index (χ3n) is 5.09. The number of carbonyl (C=O) groups is 1. The van der Waals surface area contributed by atoms with Crippen molar-refractivity contribution in [1.82, 2.24) is 14.8 Å². The topological polar surface area (TPSA) is 71.8 Å². The van der Waals surface area contributed by atoms with E-state index >= 15 is 0 Å². The number of fused-ring (bicyclic) bond motifs is 1. The summed E-state index contributed by atoms with van der Waals surface area (Å²) in [5.74, 6) is 1.12. The van der Waals surface area contributed by atoms with Crippen LogP contribution in [0.4, 0.5) is 11.9 Å². The maximum Gasteiger partial charge on any atom is 0.250 e. The Labute approximate surface area is 177 Å². The van der Waals surface area contributed by atoms with Crippen LogP contribution in [0.5, 0.6) is 0 Å². The molecule has 0 fully saturated rings. The van der Waals surface area contributed by atoms with Crippen LogP contribution < -0.4 is 10.6 Å². The number of anilines is 2. The number of aryl methyl sites for hydroxylation is 2. The van der Waals surface area contributed by atoms with Crippen LogP contribution in [0.25, 0.3) is 5.70 Å². The Morgan fingerprint density at radius 1 is 1.07 bits per heavy atom. The van der Waals surface area contributed by atoms with Crippen molar-refractivity contribution in [3.05, 3.63) is 76.9 Å². The SMILES string of the molecule is Cc1ccc(C2=C[C@H](c3ccc(C)cc3)n3nc(NC(=O)CC(C)C)nc3N2)cc1. The van der Waals surface area contributed by atoms with Gasteiger partial charge in [0.15, 0.2) is 0 Å². The summed E-state index contributed by atoms with van der Waals surface area (Å²) < 4.78 is 1.83. The summed E-state index contributed by atoms with van der Waals surface area (Å²) in [5.41, 5.74) is 5.58. The molecule has 1 aliphatic heterocycles. The second-order valence-corrected chi connectivity index (χ2v) is 8.28. The van der Waals surface area contributed by atoms with Crippen LogP contribution in [-0.2, 0) is 4.79 Å². The number of rotatable bonds is 5. The van der Waals surface area contributed by atoms with Gasteiger partial charge in [-0.15, -0.1) is 5.10 Å². The van der Waals surface area contributed by atoms with Crippen molar-refractivity contribution in [2.24, 2.45) is 5.92 Å². The monoisotopic (exact) mass is 401 g/mol. The Morgan fingerprint density at radius 2 is 1.70 bits per heavy atom. The van der Waals surface area contributed by atoms with Crippen LogP contribution in [0.15, 0.2) is 54.6 Å². The summed E-state index contributed by atoms with van der Waals surface area (Å²) in [6, 6.07) is 16.7. The van der Waals surface area contributed by atoms with Gasteiger partial charge in [0.05, 0.1) is 0 Å². The van der Waals surface area contributed by atoms with Gasteiger partial charge in [-0.2, -0.15) is 4.98 Å². The second kappa shape index (κ2) is 8.14. The lowest BCUT2D eigenvalue weighted by Crippen LogP contribution is -2.20. The highest BCUT2D eigenvalue weighted by Crippen LogP contribution is 2.33. The van der Waals surface area contributed by atoms with Crippen molar-refractivity contribution < 1.29 is 4.79 Å². The Hall–Kier alpha value is -3.41. The molecule has 6 nitrogen and oxygen atoms in total. The maximum absolute atomic E-state index is 12.2. The van der Waals surface area contributed by atoms with Gasteiger partial charge in [-0.3, -0.25) is 10.1 Å². The number of hydrogen-bond acceptors (Lipinski definition) is 4. The zero-order valence-electron chi connectivity index (χ0n) is 17.8. The molecule has 0 aliphatic carbocycles. The first kappa shape index (κ1) is 19.9. The zero-order valence-corrected chi connectivity index (χ0v) is 17.8. The second-order valence-electron chi connectivity index (χ2n) is 8.28. The number of benzene rings is 2. The minimum Gasteiger partial charge on any atom is -0.324 e. The molecule has 0 spiro atoms. The Morgan fingerprint density at radius 3 is 2.33 bits per heavy atom. The molecule has 30 heavy (non-hydrogen) atoms. The molecule has 3 aromatic rings. The van der Waals surface area contributed by atoms with Crippen LogP contribution in [0.3, 0.4) is 0 Å². The molecule has 2 heterocycles. The predicted molar refractivity (Wildman–Crippen MR) is 120 cm³/mol. The van der Waals surface area contributed by atoms with Crippen molar-refractivity contribution in [3.8, 4) is 0 Å². The highest BCUT2D eigenvalue weighted by atomic mass is 16.1. The molecule has 154 valence electrons. The maximum atomic E-state index is 12.2. The lowest BCUT2D eigenvalue weighted by molar-refractivity contribution is -0.116. The lowest BCUT2D eigenvalue weighted by Gasteiger charge is -2.24. The van der Waals surface area contributed by atoms with E-state index in [2.05, 4.69) is 89.2 Å². The van der Waals surface area contributed by atoms with Crippen LogP contribution in [-0.4, -0.2) is 20.7 Å². The number of aromatic nitrogens is 3. The van der Waals surface area contributed by atoms with E-state index in [0.717, 1.165) is 16.8 Å². The zero-order chi connectivity index (χ0) is 21.3. The standard InChI is InChI=1S/C24H27N5O/c1-15(2)13-22(30)26-23-27-24-25-20(18-9-5-16(3)6-10-18)14-21(29(24)28-23)19-11-7-17(4)8-12-19/h5-12,14-15,21H,13H2,1-4H3,(H2,25,26,27,28,30)/t21-/m1/s1. The van der Waals surface area contributed by atoms with Gasteiger partial charge in [0.2, 0.25) is 11.9 Å². The molecule has 1 aromatic heterocycles. The average Bonchev–Trinajstić information content (AvgIpc) is 3.10. The van der Waals surface area contributed by atoms with Gasteiger partial charge >= 0.3 is 0 Å². The van der Waals surface area contributed by atoms with E-state index in [-0.39, 0.29) is 17.9 Å². The first-order valence-corrected chi connectivity index (χ1v) is 10.3. The first-order chi connectivity index (χ1) is 14.4. The summed E-state index contributed by atoms with van der Waals surface area (Å²) in [6.07, 6.45) is 2.59. The van der Waals surface area contributed by atoms with E-state index in [1.54, 1.807) is 0 Å². The van der Waals surface area contributed by atoms with E-state index in [1.165, 1.54) is 11.1 Å². The molecular formula is C24H27N5O. The summed E-state index contributed by atoms with van der Waals surface area (Å²) in [7, 11) is 0. The molecule has 6 heteroatoms. The van der Waals surface area contributed by atoms with Crippen LogP contribution in [0.1, 0.15) is 48.6 Å². The molecule has 1 atom stereocenters. The number of carbonyl (C=O) groups excluding carboxylic acids is 1. The van der Waals surface area contributed by atoms with Crippen molar-refractivity contribution in [2.75, 3.05) is 10.6 Å². The van der Waals surface area contributed by atoms with E-state index in [9.17, 15) is 4.79 Å². The van der Waals surface area contributed by atoms with Crippen molar-refractivity contribution in [1.29, 1.82) is 0 Å². The Bertz CT molecular complexity index is 1080. The number of allylic oxidation sites excluding steroid dienone is 1. The molecule has 0 radical (unpaired) electrons. The minimum atomic E-state index is -0.124. The molecule has 0 unspecified atom stereocenters. The highest BCUT2D eigenvalue weighted by Gasteiger charge is 2.25. The van der Waals surface area contributed by atoms with E-state index in [1.807, 2.05) is 18.5 Å².